The molecule has 120 valence electrons. The van der Waals surface area contributed by atoms with Crippen molar-refractivity contribution in [3.8, 4) is 0 Å². The zero-order chi connectivity index (χ0) is 15.1. The van der Waals surface area contributed by atoms with Crippen LogP contribution in [0, 0.1) is 12.8 Å². The normalized spacial score (nSPS) is 15.0. The minimum Gasteiger partial charge on any atom is -0.465 e. The van der Waals surface area contributed by atoms with E-state index in [4.69, 9.17) is 9.15 Å². The first-order valence-electron chi connectivity index (χ1n) is 8.24. The van der Waals surface area contributed by atoms with Crippen molar-refractivity contribution in [1.29, 1.82) is 0 Å². The summed E-state index contributed by atoms with van der Waals surface area (Å²) in [5, 5.41) is 3.42. The molecule has 21 heavy (non-hydrogen) atoms. The number of likely N-dealkylation sites (N-methyl/N-ethyl adjacent to an activating group) is 1. The molecule has 1 heterocycles. The van der Waals surface area contributed by atoms with E-state index in [1.54, 1.807) is 0 Å². The highest BCUT2D eigenvalue weighted by molar-refractivity contribution is 5.20. The van der Waals surface area contributed by atoms with Gasteiger partial charge in [-0.15, -0.1) is 0 Å². The highest BCUT2D eigenvalue weighted by atomic mass is 16.5. The molecule has 0 bridgehead atoms. The third kappa shape index (κ3) is 6.20. The number of ether oxygens (including phenoxy) is 1. The van der Waals surface area contributed by atoms with Crippen molar-refractivity contribution < 1.29 is 9.15 Å². The summed E-state index contributed by atoms with van der Waals surface area (Å²) in [5.74, 6) is 2.93. The molecule has 0 spiro atoms. The molecule has 1 saturated carbocycles. The molecule has 1 fully saturated rings. The minimum absolute atomic E-state index is 0.817. The average molecular weight is 294 g/mol. The van der Waals surface area contributed by atoms with Crippen molar-refractivity contribution >= 4 is 0 Å². The molecule has 0 unspecified atom stereocenters. The van der Waals surface area contributed by atoms with Crippen LogP contribution in [0.3, 0.4) is 0 Å². The van der Waals surface area contributed by atoms with Crippen LogP contribution in [0.5, 0.6) is 0 Å². The summed E-state index contributed by atoms with van der Waals surface area (Å²) in [7, 11) is 2.12. The first-order chi connectivity index (χ1) is 10.2. The topological polar surface area (TPSA) is 37.6 Å². The second-order valence-corrected chi connectivity index (χ2v) is 6.23. The lowest BCUT2D eigenvalue weighted by atomic mass is 10.2. The van der Waals surface area contributed by atoms with Crippen molar-refractivity contribution in [1.82, 2.24) is 10.2 Å². The van der Waals surface area contributed by atoms with Gasteiger partial charge in [-0.2, -0.15) is 0 Å². The van der Waals surface area contributed by atoms with E-state index < -0.39 is 0 Å². The molecule has 4 nitrogen and oxygen atoms in total. The van der Waals surface area contributed by atoms with Gasteiger partial charge < -0.3 is 14.5 Å². The molecule has 1 aromatic heterocycles. The molecule has 0 atom stereocenters. The number of nitrogens with zero attached hydrogens (tertiary/aromatic N) is 1. The molecule has 1 aliphatic carbocycles. The van der Waals surface area contributed by atoms with Crippen LogP contribution in [0.15, 0.2) is 10.5 Å². The monoisotopic (exact) mass is 294 g/mol. The van der Waals surface area contributed by atoms with Crippen LogP contribution in [-0.4, -0.2) is 38.3 Å². The van der Waals surface area contributed by atoms with E-state index in [9.17, 15) is 0 Å². The summed E-state index contributed by atoms with van der Waals surface area (Å²) >= 11 is 0. The first kappa shape index (κ1) is 16.5. The third-order valence-corrected chi connectivity index (χ3v) is 3.91. The van der Waals surface area contributed by atoms with Gasteiger partial charge in [0.05, 0.1) is 13.2 Å². The van der Waals surface area contributed by atoms with Crippen LogP contribution in [0.2, 0.25) is 0 Å². The summed E-state index contributed by atoms with van der Waals surface area (Å²) in [4.78, 5) is 2.26. The van der Waals surface area contributed by atoms with Crippen molar-refractivity contribution in [2.24, 2.45) is 5.92 Å². The summed E-state index contributed by atoms with van der Waals surface area (Å²) < 4.78 is 11.5. The molecule has 0 aromatic carbocycles. The van der Waals surface area contributed by atoms with Gasteiger partial charge in [0.15, 0.2) is 0 Å². The lowest BCUT2D eigenvalue weighted by molar-refractivity contribution is 0.0999. The SMILES string of the molecule is CCCNCc1cc(CN(C)CCOCC2CC2)oc1C. The van der Waals surface area contributed by atoms with E-state index in [1.165, 1.54) is 18.4 Å². The van der Waals surface area contributed by atoms with Crippen LogP contribution in [0.1, 0.15) is 43.3 Å². The number of rotatable bonds is 11. The van der Waals surface area contributed by atoms with Gasteiger partial charge in [-0.05, 0) is 51.8 Å². The molecular formula is C17H30N2O2. The van der Waals surface area contributed by atoms with Gasteiger partial charge in [-0.25, -0.2) is 0 Å². The molecule has 0 radical (unpaired) electrons. The average Bonchev–Trinajstić information content (AvgIpc) is 3.21. The smallest absolute Gasteiger partial charge is 0.118 e. The number of hydrogen-bond donors (Lipinski definition) is 1. The number of furan rings is 1. The van der Waals surface area contributed by atoms with Crippen LogP contribution < -0.4 is 5.32 Å². The fourth-order valence-electron chi connectivity index (χ4n) is 2.34. The Morgan fingerprint density at radius 2 is 2.24 bits per heavy atom. The highest BCUT2D eigenvalue weighted by Crippen LogP contribution is 2.28. The van der Waals surface area contributed by atoms with E-state index in [0.717, 1.165) is 63.3 Å². The fourth-order valence-corrected chi connectivity index (χ4v) is 2.34. The lowest BCUT2D eigenvalue weighted by Gasteiger charge is -2.14. The van der Waals surface area contributed by atoms with Gasteiger partial charge in [0, 0.05) is 25.3 Å². The van der Waals surface area contributed by atoms with E-state index >= 15 is 0 Å². The summed E-state index contributed by atoms with van der Waals surface area (Å²) in [5.41, 5.74) is 1.27. The Bertz CT molecular complexity index is 413. The predicted octanol–water partition coefficient (Wildman–Crippen LogP) is 2.95. The second kappa shape index (κ2) is 8.57. The Morgan fingerprint density at radius 3 is 2.95 bits per heavy atom. The fraction of sp³-hybridized carbons (Fsp3) is 0.765. The van der Waals surface area contributed by atoms with E-state index in [2.05, 4.69) is 30.3 Å². The zero-order valence-electron chi connectivity index (χ0n) is 13.8. The van der Waals surface area contributed by atoms with Gasteiger partial charge in [-0.3, -0.25) is 4.90 Å². The van der Waals surface area contributed by atoms with Crippen molar-refractivity contribution in [3.63, 3.8) is 0 Å². The molecule has 0 amide bonds. The zero-order valence-corrected chi connectivity index (χ0v) is 13.8. The maximum atomic E-state index is 5.85. The van der Waals surface area contributed by atoms with Crippen LogP contribution in [-0.2, 0) is 17.8 Å². The predicted molar refractivity (Wildman–Crippen MR) is 85.3 cm³/mol. The number of nitrogens with one attached hydrogen (secondary N) is 1. The molecule has 2 rings (SSSR count). The van der Waals surface area contributed by atoms with Crippen LogP contribution >= 0.6 is 0 Å². The Kier molecular flexibility index (Phi) is 6.74. The van der Waals surface area contributed by atoms with E-state index in [1.807, 2.05) is 6.92 Å². The van der Waals surface area contributed by atoms with Crippen molar-refractivity contribution in [3.05, 3.63) is 23.2 Å². The Morgan fingerprint density at radius 1 is 1.43 bits per heavy atom. The van der Waals surface area contributed by atoms with Gasteiger partial charge in [0.25, 0.3) is 0 Å². The largest absolute Gasteiger partial charge is 0.465 e. The molecule has 1 aliphatic rings. The van der Waals surface area contributed by atoms with Gasteiger partial charge in [0.1, 0.15) is 11.5 Å². The molecule has 1 N–H and O–H groups in total. The van der Waals surface area contributed by atoms with Gasteiger partial charge >= 0.3 is 0 Å². The maximum absolute atomic E-state index is 5.85. The molecule has 0 saturated heterocycles. The van der Waals surface area contributed by atoms with E-state index in [0.29, 0.717) is 0 Å². The summed E-state index contributed by atoms with van der Waals surface area (Å²) in [6, 6.07) is 2.18. The standard InChI is InChI=1S/C17H30N2O2/c1-4-7-18-11-16-10-17(21-14(16)2)12-19(3)8-9-20-13-15-5-6-15/h10,15,18H,4-9,11-13H2,1-3H3. The van der Waals surface area contributed by atoms with Crippen molar-refractivity contribution in [2.45, 2.75) is 46.2 Å². The molecule has 1 aromatic rings. The Hall–Kier alpha value is -0.840. The van der Waals surface area contributed by atoms with Crippen LogP contribution in [0.4, 0.5) is 0 Å². The quantitative estimate of drug-likeness (QED) is 0.637. The minimum atomic E-state index is 0.817. The van der Waals surface area contributed by atoms with E-state index in [-0.39, 0.29) is 0 Å². The maximum Gasteiger partial charge on any atom is 0.118 e. The number of hydrogen-bond acceptors (Lipinski definition) is 4. The summed E-state index contributed by atoms with van der Waals surface area (Å²) in [6.07, 6.45) is 3.88. The highest BCUT2D eigenvalue weighted by Gasteiger charge is 2.21. The lowest BCUT2D eigenvalue weighted by Crippen LogP contribution is -2.23. The Balaban J connectivity index is 1.66. The second-order valence-electron chi connectivity index (χ2n) is 6.23. The van der Waals surface area contributed by atoms with Gasteiger partial charge in [-0.1, -0.05) is 6.92 Å². The van der Waals surface area contributed by atoms with Crippen molar-refractivity contribution in [2.75, 3.05) is 33.4 Å². The van der Waals surface area contributed by atoms with Gasteiger partial charge in [0.2, 0.25) is 0 Å². The Labute approximate surface area is 128 Å². The molecule has 0 aliphatic heterocycles. The first-order valence-corrected chi connectivity index (χ1v) is 8.24. The summed E-state index contributed by atoms with van der Waals surface area (Å²) in [6.45, 7) is 9.75. The number of aryl methyl sites for hydroxylation is 1. The molecular weight excluding hydrogens is 264 g/mol. The third-order valence-electron chi connectivity index (χ3n) is 3.91. The van der Waals surface area contributed by atoms with Crippen LogP contribution in [0.25, 0.3) is 0 Å². The molecule has 4 heteroatoms.